The minimum Gasteiger partial charge on any atom is -0.383 e. The highest BCUT2D eigenvalue weighted by molar-refractivity contribution is 6.30. The van der Waals surface area contributed by atoms with Crippen molar-refractivity contribution in [1.82, 2.24) is 10.6 Å². The van der Waals surface area contributed by atoms with Crippen LogP contribution in [-0.2, 0) is 14.9 Å². The summed E-state index contributed by atoms with van der Waals surface area (Å²) in [4.78, 5) is 11.7. The van der Waals surface area contributed by atoms with Crippen LogP contribution in [0.5, 0.6) is 0 Å². The summed E-state index contributed by atoms with van der Waals surface area (Å²) in [5, 5.41) is 6.67. The molecule has 4 nitrogen and oxygen atoms in total. The molecule has 0 aliphatic heterocycles. The van der Waals surface area contributed by atoms with Gasteiger partial charge in [0, 0.05) is 30.6 Å². The van der Waals surface area contributed by atoms with E-state index in [0.717, 1.165) is 10.6 Å². The van der Waals surface area contributed by atoms with Crippen molar-refractivity contribution >= 4 is 17.5 Å². The first-order chi connectivity index (χ1) is 9.45. The van der Waals surface area contributed by atoms with Crippen LogP contribution in [0, 0.1) is 0 Å². The molecule has 5 heteroatoms. The minimum absolute atomic E-state index is 0.0110. The van der Waals surface area contributed by atoms with Gasteiger partial charge in [-0.05, 0) is 17.7 Å². The van der Waals surface area contributed by atoms with Crippen molar-refractivity contribution in [2.24, 2.45) is 0 Å². The Morgan fingerprint density at radius 2 is 1.95 bits per heavy atom. The van der Waals surface area contributed by atoms with Gasteiger partial charge in [-0.1, -0.05) is 37.6 Å². The Hall–Kier alpha value is -1.10. The summed E-state index contributed by atoms with van der Waals surface area (Å²) in [5.41, 5.74) is 1.02. The van der Waals surface area contributed by atoms with Gasteiger partial charge in [0.2, 0.25) is 5.91 Å². The van der Waals surface area contributed by atoms with Crippen LogP contribution in [0.1, 0.15) is 19.4 Å². The van der Waals surface area contributed by atoms with E-state index in [2.05, 4.69) is 24.5 Å². The number of rotatable bonds is 8. The maximum Gasteiger partial charge on any atom is 0.233 e. The van der Waals surface area contributed by atoms with Crippen LogP contribution >= 0.6 is 11.6 Å². The van der Waals surface area contributed by atoms with E-state index in [1.165, 1.54) is 0 Å². The molecule has 1 aromatic carbocycles. The van der Waals surface area contributed by atoms with E-state index >= 15 is 0 Å². The maximum absolute atomic E-state index is 11.7. The van der Waals surface area contributed by atoms with Crippen molar-refractivity contribution in [3.63, 3.8) is 0 Å². The molecule has 1 amide bonds. The Morgan fingerprint density at radius 1 is 1.30 bits per heavy atom. The average molecular weight is 299 g/mol. The molecule has 20 heavy (non-hydrogen) atoms. The minimum atomic E-state index is -0.132. The molecule has 0 aromatic heterocycles. The lowest BCUT2D eigenvalue weighted by molar-refractivity contribution is -0.120. The lowest BCUT2D eigenvalue weighted by Crippen LogP contribution is -2.41. The molecule has 1 aromatic rings. The fraction of sp³-hybridized carbons (Fsp3) is 0.533. The first kappa shape index (κ1) is 17.0. The fourth-order valence-electron chi connectivity index (χ4n) is 1.76. The second kappa shape index (κ2) is 8.25. The summed E-state index contributed by atoms with van der Waals surface area (Å²) in [7, 11) is 1.64. The van der Waals surface area contributed by atoms with E-state index in [1.54, 1.807) is 7.11 Å². The van der Waals surface area contributed by atoms with Gasteiger partial charge in [0.15, 0.2) is 0 Å². The molecular formula is C15H23ClN2O2. The van der Waals surface area contributed by atoms with Crippen molar-refractivity contribution in [1.29, 1.82) is 0 Å². The zero-order valence-corrected chi connectivity index (χ0v) is 13.1. The highest BCUT2D eigenvalue weighted by Crippen LogP contribution is 2.23. The summed E-state index contributed by atoms with van der Waals surface area (Å²) in [5.74, 6) is -0.0110. The Bertz CT molecular complexity index is 418. The standard InChI is InChI=1S/C15H23ClN2O2/c1-15(2,12-4-6-13(16)7-5-12)11-18-14(19)10-17-8-9-20-3/h4-7,17H,8-11H2,1-3H3,(H,18,19). The topological polar surface area (TPSA) is 50.4 Å². The van der Waals surface area contributed by atoms with E-state index in [1.807, 2.05) is 24.3 Å². The van der Waals surface area contributed by atoms with Crippen LogP contribution in [0.25, 0.3) is 0 Å². The Labute approximate surface area is 125 Å². The van der Waals surface area contributed by atoms with E-state index in [9.17, 15) is 4.79 Å². The number of halogens is 1. The van der Waals surface area contributed by atoms with Gasteiger partial charge in [0.25, 0.3) is 0 Å². The summed E-state index contributed by atoms with van der Waals surface area (Å²) in [6.07, 6.45) is 0. The van der Waals surface area contributed by atoms with Gasteiger partial charge in [-0.3, -0.25) is 4.79 Å². The Kier molecular flexibility index (Phi) is 6.99. The summed E-state index contributed by atoms with van der Waals surface area (Å²) >= 11 is 5.88. The maximum atomic E-state index is 11.7. The molecule has 112 valence electrons. The quantitative estimate of drug-likeness (QED) is 0.722. The Balaban J connectivity index is 2.39. The highest BCUT2D eigenvalue weighted by atomic mass is 35.5. The molecule has 0 aliphatic carbocycles. The summed E-state index contributed by atoms with van der Waals surface area (Å²) < 4.78 is 4.90. The number of nitrogens with one attached hydrogen (secondary N) is 2. The first-order valence-corrected chi connectivity index (χ1v) is 7.06. The van der Waals surface area contributed by atoms with Gasteiger partial charge in [0.05, 0.1) is 13.2 Å². The van der Waals surface area contributed by atoms with Crippen LogP contribution in [0.3, 0.4) is 0 Å². The molecule has 2 N–H and O–H groups in total. The van der Waals surface area contributed by atoms with Crippen LogP contribution in [-0.4, -0.2) is 39.3 Å². The fourth-order valence-corrected chi connectivity index (χ4v) is 1.89. The van der Waals surface area contributed by atoms with Crippen molar-refractivity contribution < 1.29 is 9.53 Å². The number of hydrogen-bond donors (Lipinski definition) is 2. The summed E-state index contributed by atoms with van der Waals surface area (Å²) in [6.45, 7) is 6.34. The molecule has 0 fully saturated rings. The van der Waals surface area contributed by atoms with Crippen LogP contribution in [0.2, 0.25) is 5.02 Å². The van der Waals surface area contributed by atoms with Gasteiger partial charge < -0.3 is 15.4 Å². The molecular weight excluding hydrogens is 276 g/mol. The van der Waals surface area contributed by atoms with Gasteiger partial charge in [-0.25, -0.2) is 0 Å². The molecule has 0 unspecified atom stereocenters. The molecule has 0 bridgehead atoms. The number of ether oxygens (including phenoxy) is 1. The van der Waals surface area contributed by atoms with E-state index < -0.39 is 0 Å². The smallest absolute Gasteiger partial charge is 0.233 e. The predicted octanol–water partition coefficient (Wildman–Crippen LogP) is 1.97. The first-order valence-electron chi connectivity index (χ1n) is 6.68. The molecule has 0 heterocycles. The number of hydrogen-bond acceptors (Lipinski definition) is 3. The zero-order valence-electron chi connectivity index (χ0n) is 12.3. The van der Waals surface area contributed by atoms with Gasteiger partial charge in [-0.15, -0.1) is 0 Å². The van der Waals surface area contributed by atoms with E-state index in [-0.39, 0.29) is 11.3 Å². The Morgan fingerprint density at radius 3 is 2.55 bits per heavy atom. The zero-order chi connectivity index (χ0) is 15.0. The molecule has 0 spiro atoms. The average Bonchev–Trinajstić information content (AvgIpc) is 2.42. The third-order valence-corrected chi connectivity index (χ3v) is 3.37. The third-order valence-electron chi connectivity index (χ3n) is 3.12. The second-order valence-corrected chi connectivity index (χ2v) is 5.77. The monoisotopic (exact) mass is 298 g/mol. The molecule has 0 radical (unpaired) electrons. The molecule has 0 aliphatic rings. The number of methoxy groups -OCH3 is 1. The lowest BCUT2D eigenvalue weighted by Gasteiger charge is -2.25. The molecule has 1 rings (SSSR count). The normalized spacial score (nSPS) is 11.4. The van der Waals surface area contributed by atoms with Crippen molar-refractivity contribution in [2.75, 3.05) is 33.4 Å². The SMILES string of the molecule is COCCNCC(=O)NCC(C)(C)c1ccc(Cl)cc1. The van der Waals surface area contributed by atoms with Crippen molar-refractivity contribution in [2.45, 2.75) is 19.3 Å². The third kappa shape index (κ3) is 5.90. The van der Waals surface area contributed by atoms with Crippen LogP contribution < -0.4 is 10.6 Å². The van der Waals surface area contributed by atoms with Crippen LogP contribution in [0.15, 0.2) is 24.3 Å². The van der Waals surface area contributed by atoms with E-state index in [4.69, 9.17) is 16.3 Å². The highest BCUT2D eigenvalue weighted by Gasteiger charge is 2.21. The number of carbonyl (C=O) groups excluding carboxylic acids is 1. The molecule has 0 saturated carbocycles. The predicted molar refractivity (Wildman–Crippen MR) is 82.2 cm³/mol. The largest absolute Gasteiger partial charge is 0.383 e. The van der Waals surface area contributed by atoms with E-state index in [0.29, 0.717) is 26.2 Å². The molecule has 0 atom stereocenters. The number of carbonyl (C=O) groups is 1. The lowest BCUT2D eigenvalue weighted by atomic mass is 9.84. The second-order valence-electron chi connectivity index (χ2n) is 5.34. The van der Waals surface area contributed by atoms with Crippen molar-refractivity contribution in [3.8, 4) is 0 Å². The summed E-state index contributed by atoms with van der Waals surface area (Å²) in [6, 6.07) is 7.72. The number of amides is 1. The molecule has 0 saturated heterocycles. The number of benzene rings is 1. The van der Waals surface area contributed by atoms with Crippen molar-refractivity contribution in [3.05, 3.63) is 34.9 Å². The van der Waals surface area contributed by atoms with Gasteiger partial charge >= 0.3 is 0 Å². The van der Waals surface area contributed by atoms with Gasteiger partial charge in [0.1, 0.15) is 0 Å². The van der Waals surface area contributed by atoms with Gasteiger partial charge in [-0.2, -0.15) is 0 Å². The van der Waals surface area contributed by atoms with Crippen LogP contribution in [0.4, 0.5) is 0 Å².